The van der Waals surface area contributed by atoms with Gasteiger partial charge in [0.25, 0.3) is 5.56 Å². The van der Waals surface area contributed by atoms with Crippen molar-refractivity contribution in [2.45, 2.75) is 31.9 Å². The molecule has 0 spiro atoms. The highest BCUT2D eigenvalue weighted by molar-refractivity contribution is 5.89. The van der Waals surface area contributed by atoms with Gasteiger partial charge in [0.1, 0.15) is 23.8 Å². The van der Waals surface area contributed by atoms with E-state index in [1.807, 2.05) is 13.0 Å². The molecule has 3 N–H and O–H groups in total. The Morgan fingerprint density at radius 1 is 1.43 bits per heavy atom. The number of aromatic amines is 1. The summed E-state index contributed by atoms with van der Waals surface area (Å²) in [5.41, 5.74) is 7.82. The summed E-state index contributed by atoms with van der Waals surface area (Å²) in [5.74, 6) is 2.42. The van der Waals surface area contributed by atoms with Gasteiger partial charge >= 0.3 is 0 Å². The molecule has 1 aliphatic rings. The lowest BCUT2D eigenvalue weighted by Gasteiger charge is -2.16. The summed E-state index contributed by atoms with van der Waals surface area (Å²) in [6, 6.07) is 7.45. The number of H-pyrrole nitrogens is 1. The number of benzene rings is 1. The number of hydrogen-bond acceptors (Lipinski definition) is 6. The van der Waals surface area contributed by atoms with E-state index in [0.29, 0.717) is 34.1 Å². The Bertz CT molecular complexity index is 1540. The van der Waals surface area contributed by atoms with Gasteiger partial charge in [0.15, 0.2) is 0 Å². The summed E-state index contributed by atoms with van der Waals surface area (Å²) in [7, 11) is 1.74. The van der Waals surface area contributed by atoms with Crippen molar-refractivity contribution in [2.24, 2.45) is 12.8 Å². The number of ether oxygens (including phenoxy) is 1. The lowest BCUT2D eigenvalue weighted by molar-refractivity contribution is 0.118. The van der Waals surface area contributed by atoms with E-state index < -0.39 is 5.60 Å². The van der Waals surface area contributed by atoms with Crippen molar-refractivity contribution >= 4 is 16.8 Å². The fourth-order valence-corrected chi connectivity index (χ4v) is 3.63. The van der Waals surface area contributed by atoms with Crippen molar-refractivity contribution in [3.05, 3.63) is 75.4 Å². The Kier molecular flexibility index (Phi) is 6.37. The minimum absolute atomic E-state index is 0.0443. The van der Waals surface area contributed by atoms with Crippen LogP contribution in [0.25, 0.3) is 28.0 Å². The highest BCUT2D eigenvalue weighted by Crippen LogP contribution is 2.42. The van der Waals surface area contributed by atoms with E-state index in [1.165, 1.54) is 6.08 Å². The second kappa shape index (κ2) is 9.41. The number of rotatable bonds is 7. The van der Waals surface area contributed by atoms with Crippen molar-refractivity contribution in [3.8, 4) is 29.5 Å². The van der Waals surface area contributed by atoms with E-state index in [4.69, 9.17) is 16.9 Å². The largest absolute Gasteiger partial charge is 0.486 e. The molecular formula is C26H23FN6O2. The van der Waals surface area contributed by atoms with Crippen LogP contribution >= 0.6 is 0 Å². The van der Waals surface area contributed by atoms with Crippen LogP contribution < -0.4 is 11.3 Å². The lowest BCUT2D eigenvalue weighted by atomic mass is 10.00. The first-order valence-electron chi connectivity index (χ1n) is 10.9. The van der Waals surface area contributed by atoms with Crippen LogP contribution in [0, 0.1) is 23.7 Å². The standard InChI is InChI=1S/C26H23FN6O2/c1-4-16(12-27)9-24(35-26(2)7-8-26)18(13-28)11-23-21(15-30-33(23)3)17-5-6-19-20(10-17)22(14-29)31-32-25(19)34/h1,5-6,9-12,15H,7-8,14,29H2,2-3H3,(H,32,34)/b16-12+,18-11+,24-9+. The molecule has 1 fully saturated rings. The van der Waals surface area contributed by atoms with Crippen molar-refractivity contribution in [1.29, 1.82) is 5.26 Å². The minimum Gasteiger partial charge on any atom is -0.486 e. The maximum absolute atomic E-state index is 13.2. The number of nitrogens with two attached hydrogens (primary N) is 1. The van der Waals surface area contributed by atoms with E-state index in [2.05, 4.69) is 27.3 Å². The zero-order chi connectivity index (χ0) is 25.2. The normalized spacial score (nSPS) is 15.5. The van der Waals surface area contributed by atoms with Crippen molar-refractivity contribution in [3.63, 3.8) is 0 Å². The molecule has 0 amide bonds. The Morgan fingerprint density at radius 2 is 2.20 bits per heavy atom. The van der Waals surface area contributed by atoms with Crippen LogP contribution in [0.15, 0.2) is 58.5 Å². The molecule has 0 aliphatic heterocycles. The van der Waals surface area contributed by atoms with Crippen LogP contribution in [0.4, 0.5) is 4.39 Å². The summed E-state index contributed by atoms with van der Waals surface area (Å²) >= 11 is 0. The molecule has 35 heavy (non-hydrogen) atoms. The van der Waals surface area contributed by atoms with Crippen LogP contribution in [0.1, 0.15) is 31.2 Å². The summed E-state index contributed by atoms with van der Waals surface area (Å²) < 4.78 is 20.9. The number of aryl methyl sites for hydroxylation is 1. The molecule has 0 bridgehead atoms. The third-order valence-corrected chi connectivity index (χ3v) is 5.90. The van der Waals surface area contributed by atoms with Gasteiger partial charge in [-0.3, -0.25) is 9.48 Å². The van der Waals surface area contributed by atoms with Gasteiger partial charge in [0.05, 0.1) is 34.1 Å². The Labute approximate surface area is 201 Å². The van der Waals surface area contributed by atoms with Gasteiger partial charge in [-0.25, -0.2) is 9.49 Å². The predicted molar refractivity (Wildman–Crippen MR) is 131 cm³/mol. The number of nitriles is 1. The monoisotopic (exact) mass is 470 g/mol. The fraction of sp³-hybridized carbons (Fsp3) is 0.231. The highest BCUT2D eigenvalue weighted by atomic mass is 19.1. The number of nitrogens with one attached hydrogen (secondary N) is 1. The molecule has 0 unspecified atom stereocenters. The van der Waals surface area contributed by atoms with Crippen LogP contribution in [-0.4, -0.2) is 25.6 Å². The maximum Gasteiger partial charge on any atom is 0.272 e. The second-order valence-electron chi connectivity index (χ2n) is 8.47. The molecule has 0 saturated heterocycles. The molecule has 2 heterocycles. The highest BCUT2D eigenvalue weighted by Gasteiger charge is 2.41. The van der Waals surface area contributed by atoms with Crippen LogP contribution in [0.5, 0.6) is 0 Å². The van der Waals surface area contributed by atoms with Gasteiger partial charge < -0.3 is 10.5 Å². The lowest BCUT2D eigenvalue weighted by Crippen LogP contribution is -2.13. The van der Waals surface area contributed by atoms with Crippen molar-refractivity contribution < 1.29 is 9.13 Å². The topological polar surface area (TPSA) is 123 Å². The zero-order valence-corrected chi connectivity index (χ0v) is 19.3. The molecule has 4 rings (SSSR count). The van der Waals surface area contributed by atoms with E-state index in [9.17, 15) is 14.4 Å². The third kappa shape index (κ3) is 4.77. The number of hydrogen-bond donors (Lipinski definition) is 2. The molecular weight excluding hydrogens is 447 g/mol. The number of nitrogens with zero attached hydrogens (tertiary/aromatic N) is 4. The number of aromatic nitrogens is 4. The first-order chi connectivity index (χ1) is 16.8. The first kappa shape index (κ1) is 23.7. The molecule has 2 aromatic heterocycles. The zero-order valence-electron chi connectivity index (χ0n) is 19.3. The quantitative estimate of drug-likeness (QED) is 0.235. The summed E-state index contributed by atoms with van der Waals surface area (Å²) in [4.78, 5) is 12.2. The molecule has 1 aromatic carbocycles. The van der Waals surface area contributed by atoms with Crippen LogP contribution in [0.2, 0.25) is 0 Å². The van der Waals surface area contributed by atoms with E-state index in [-0.39, 0.29) is 29.0 Å². The average molecular weight is 471 g/mol. The Balaban J connectivity index is 1.85. The average Bonchev–Trinajstić information content (AvgIpc) is 3.48. The minimum atomic E-state index is -0.426. The maximum atomic E-state index is 13.2. The Morgan fingerprint density at radius 3 is 2.83 bits per heavy atom. The van der Waals surface area contributed by atoms with Gasteiger partial charge in [-0.05, 0) is 49.6 Å². The second-order valence-corrected chi connectivity index (χ2v) is 8.47. The smallest absolute Gasteiger partial charge is 0.272 e. The molecule has 3 aromatic rings. The molecule has 0 radical (unpaired) electrons. The number of fused-ring (bicyclic) bond motifs is 1. The first-order valence-corrected chi connectivity index (χ1v) is 10.9. The Hall–Kier alpha value is -4.47. The predicted octanol–water partition coefficient (Wildman–Crippen LogP) is 3.63. The fourth-order valence-electron chi connectivity index (χ4n) is 3.63. The van der Waals surface area contributed by atoms with Crippen molar-refractivity contribution in [1.82, 2.24) is 20.0 Å². The number of halogens is 1. The summed E-state index contributed by atoms with van der Waals surface area (Å²) in [5, 5.41) is 21.9. The molecule has 9 heteroatoms. The third-order valence-electron chi connectivity index (χ3n) is 5.90. The van der Waals surface area contributed by atoms with Crippen molar-refractivity contribution in [2.75, 3.05) is 0 Å². The van der Waals surface area contributed by atoms with Gasteiger partial charge in [-0.2, -0.15) is 15.5 Å². The van der Waals surface area contributed by atoms with E-state index >= 15 is 0 Å². The van der Waals surface area contributed by atoms with Gasteiger partial charge in [-0.1, -0.05) is 12.0 Å². The molecule has 0 atom stereocenters. The van der Waals surface area contributed by atoms with Gasteiger partial charge in [0, 0.05) is 24.5 Å². The summed E-state index contributed by atoms with van der Waals surface area (Å²) in [6.45, 7) is 2.07. The molecule has 1 aliphatic carbocycles. The van der Waals surface area contributed by atoms with Crippen LogP contribution in [-0.2, 0) is 18.3 Å². The van der Waals surface area contributed by atoms with Crippen LogP contribution in [0.3, 0.4) is 0 Å². The number of allylic oxidation sites excluding steroid dienone is 3. The SMILES string of the molecule is C#CC(=C\F)/C=C(OC1(C)CC1)\C(C#N)=C\c1c(-c2ccc3c(=O)[nH]nc(CN)c3c2)cnn1C. The molecule has 176 valence electrons. The number of terminal acetylenes is 1. The van der Waals surface area contributed by atoms with E-state index in [1.54, 1.807) is 36.1 Å². The summed E-state index contributed by atoms with van der Waals surface area (Å²) in [6.07, 6.45) is 11.9. The molecule has 8 nitrogen and oxygen atoms in total. The van der Waals surface area contributed by atoms with E-state index in [0.717, 1.165) is 18.4 Å². The molecule has 1 saturated carbocycles. The van der Waals surface area contributed by atoms with Gasteiger partial charge in [0.2, 0.25) is 0 Å². The van der Waals surface area contributed by atoms with Gasteiger partial charge in [-0.15, -0.1) is 6.42 Å².